The number of carbonyl (C=O) groups excluding carboxylic acids is 7. The van der Waals surface area contributed by atoms with Crippen LogP contribution in [0.4, 0.5) is 0 Å². The van der Waals surface area contributed by atoms with E-state index in [2.05, 4.69) is 10.6 Å². The standard InChI is InChI=1S/C51H82N6O11S/c1-13-33(6)45(39(67-10)29-42(60)56-26-20-23-38(56)46(68-11)34(7)47(61)52-37(51(65)66)27-35-21-16-14-17-22-35)55(9)50(64)43(31(2)3)53-48(62)44(32(4)5)54(8)40(58)24-18-15-19-25-57-41(59)28-36(30-69-12)49(57)63/h14,16-17,21-22,31-34,36-39,43-46H,13,15,18-20,23-30H2,1-12H3,(H,52,61)(H,53,62)(H,65,66)/t33-,34+,36?,37-,38-,39+,43-,44-,45-,46+/m0/s1. The summed E-state index contributed by atoms with van der Waals surface area (Å²) >= 11 is 1.54. The number of carboxylic acid groups (broad SMARTS) is 1. The zero-order valence-electron chi connectivity index (χ0n) is 43.2. The van der Waals surface area contributed by atoms with Crippen LogP contribution in [0, 0.1) is 29.6 Å². The van der Waals surface area contributed by atoms with Gasteiger partial charge < -0.3 is 39.9 Å². The summed E-state index contributed by atoms with van der Waals surface area (Å²) in [7, 11) is 6.23. The molecule has 388 valence electrons. The van der Waals surface area contributed by atoms with Crippen LogP contribution < -0.4 is 10.6 Å². The van der Waals surface area contributed by atoms with Crippen molar-refractivity contribution in [3.63, 3.8) is 0 Å². The molecule has 10 atom stereocenters. The van der Waals surface area contributed by atoms with Crippen molar-refractivity contribution in [2.24, 2.45) is 29.6 Å². The molecule has 7 amide bonds. The third-order valence-corrected chi connectivity index (χ3v) is 14.8. The second kappa shape index (κ2) is 28.3. The Morgan fingerprint density at radius 2 is 1.55 bits per heavy atom. The average Bonchev–Trinajstić information content (AvgIpc) is 3.90. The SMILES string of the molecule is CC[C@H](C)[C@@H]([C@@H](CC(=O)N1CCC[C@H]1[C@H](OC)[C@@H](C)C(=O)N[C@@H](Cc1ccccc1)C(=O)O)OC)N(C)C(=O)[C@@H](NC(=O)[C@H](C(C)C)N(C)C(=O)CCCCCN1C(=O)CC(CSC)C1=O)C(C)C. The van der Waals surface area contributed by atoms with E-state index in [0.29, 0.717) is 57.4 Å². The molecule has 2 aliphatic heterocycles. The number of thioether (sulfide) groups is 1. The number of aliphatic carboxylic acids is 1. The zero-order chi connectivity index (χ0) is 51.7. The number of imide groups is 1. The number of benzene rings is 1. The molecule has 2 saturated heterocycles. The fraction of sp³-hybridized carbons (Fsp3) is 0.725. The van der Waals surface area contributed by atoms with Gasteiger partial charge in [0.25, 0.3) is 0 Å². The number of amides is 7. The van der Waals surface area contributed by atoms with Crippen molar-refractivity contribution in [3.8, 4) is 0 Å². The molecule has 2 aliphatic rings. The number of rotatable bonds is 29. The number of likely N-dealkylation sites (tertiary alicyclic amines) is 2. The van der Waals surface area contributed by atoms with Crippen LogP contribution in [0.15, 0.2) is 30.3 Å². The number of nitrogens with zero attached hydrogens (tertiary/aromatic N) is 4. The molecule has 0 saturated carbocycles. The van der Waals surface area contributed by atoms with Gasteiger partial charge in [-0.05, 0) is 55.3 Å². The molecule has 1 aromatic rings. The maximum Gasteiger partial charge on any atom is 0.326 e. The van der Waals surface area contributed by atoms with Crippen molar-refractivity contribution in [2.45, 2.75) is 155 Å². The van der Waals surface area contributed by atoms with Gasteiger partial charge in [-0.2, -0.15) is 11.8 Å². The van der Waals surface area contributed by atoms with Gasteiger partial charge in [-0.3, -0.25) is 38.5 Å². The van der Waals surface area contributed by atoms with Crippen LogP contribution in [0.5, 0.6) is 0 Å². The topological polar surface area (TPSA) is 212 Å². The molecule has 17 nitrogen and oxygen atoms in total. The number of unbranched alkanes of at least 4 members (excludes halogenated alkanes) is 2. The Kier molecular flexibility index (Phi) is 24.1. The number of nitrogens with one attached hydrogen (secondary N) is 2. The lowest BCUT2D eigenvalue weighted by Crippen LogP contribution is -2.60. The highest BCUT2D eigenvalue weighted by molar-refractivity contribution is 7.98. The van der Waals surface area contributed by atoms with Crippen molar-refractivity contribution in [2.75, 3.05) is 53.4 Å². The van der Waals surface area contributed by atoms with Crippen LogP contribution >= 0.6 is 11.8 Å². The van der Waals surface area contributed by atoms with E-state index in [-0.39, 0.29) is 78.9 Å². The Hall–Kier alpha value is -4.55. The number of carbonyl (C=O) groups is 8. The van der Waals surface area contributed by atoms with E-state index < -0.39 is 66.1 Å². The maximum absolute atomic E-state index is 14.6. The summed E-state index contributed by atoms with van der Waals surface area (Å²) < 4.78 is 11.9. The summed E-state index contributed by atoms with van der Waals surface area (Å²) in [5.74, 6) is -4.46. The summed E-state index contributed by atoms with van der Waals surface area (Å²) in [4.78, 5) is 113. The first-order valence-corrected chi connectivity index (χ1v) is 26.1. The van der Waals surface area contributed by atoms with Crippen LogP contribution in [0.2, 0.25) is 0 Å². The first-order valence-electron chi connectivity index (χ1n) is 24.7. The van der Waals surface area contributed by atoms with Gasteiger partial charge in [0, 0.05) is 66.4 Å². The molecule has 1 aromatic carbocycles. The van der Waals surface area contributed by atoms with Crippen LogP contribution in [0.3, 0.4) is 0 Å². The molecule has 0 aromatic heterocycles. The molecule has 0 aliphatic carbocycles. The number of carboxylic acids is 1. The third-order valence-electron chi connectivity index (χ3n) is 14.1. The Balaban J connectivity index is 1.69. The van der Waals surface area contributed by atoms with Gasteiger partial charge in [-0.15, -0.1) is 0 Å². The van der Waals surface area contributed by atoms with E-state index in [9.17, 15) is 43.5 Å². The fourth-order valence-corrected chi connectivity index (χ4v) is 10.6. The first kappa shape index (κ1) is 58.8. The van der Waals surface area contributed by atoms with Crippen molar-refractivity contribution in [1.29, 1.82) is 0 Å². The summed E-state index contributed by atoms with van der Waals surface area (Å²) in [5, 5.41) is 15.6. The summed E-state index contributed by atoms with van der Waals surface area (Å²) in [6.07, 6.45) is 4.47. The molecule has 2 fully saturated rings. The molecule has 69 heavy (non-hydrogen) atoms. The molecular weight excluding hydrogens is 905 g/mol. The zero-order valence-corrected chi connectivity index (χ0v) is 44.1. The minimum atomic E-state index is -1.16. The lowest BCUT2D eigenvalue weighted by atomic mass is 9.89. The quantitative estimate of drug-likeness (QED) is 0.0741. The normalized spacial score (nSPS) is 19.7. The van der Waals surface area contributed by atoms with E-state index in [4.69, 9.17) is 9.47 Å². The van der Waals surface area contributed by atoms with Crippen molar-refractivity contribution in [3.05, 3.63) is 35.9 Å². The second-order valence-electron chi connectivity index (χ2n) is 19.7. The van der Waals surface area contributed by atoms with Gasteiger partial charge in [-0.25, -0.2) is 4.79 Å². The molecule has 0 radical (unpaired) electrons. The largest absolute Gasteiger partial charge is 0.480 e. The van der Waals surface area contributed by atoms with Crippen molar-refractivity contribution in [1.82, 2.24) is 30.2 Å². The van der Waals surface area contributed by atoms with Crippen LogP contribution in [-0.2, 0) is 54.3 Å². The predicted molar refractivity (Wildman–Crippen MR) is 266 cm³/mol. The number of likely N-dealkylation sites (N-methyl/N-ethyl adjacent to an activating group) is 2. The van der Waals surface area contributed by atoms with E-state index in [1.165, 1.54) is 24.0 Å². The van der Waals surface area contributed by atoms with E-state index in [1.54, 1.807) is 66.8 Å². The minimum absolute atomic E-state index is 0.0804. The Morgan fingerprint density at radius 1 is 0.884 bits per heavy atom. The predicted octanol–water partition coefficient (Wildman–Crippen LogP) is 4.64. The van der Waals surface area contributed by atoms with E-state index in [0.717, 1.165) is 5.56 Å². The fourth-order valence-electron chi connectivity index (χ4n) is 9.93. The maximum atomic E-state index is 14.6. The minimum Gasteiger partial charge on any atom is -0.480 e. The Morgan fingerprint density at radius 3 is 2.12 bits per heavy atom. The van der Waals surface area contributed by atoms with Crippen molar-refractivity contribution < 1.29 is 52.9 Å². The van der Waals surface area contributed by atoms with Gasteiger partial charge in [0.05, 0.1) is 42.5 Å². The molecule has 18 heteroatoms. The van der Waals surface area contributed by atoms with E-state index in [1.807, 2.05) is 53.9 Å². The summed E-state index contributed by atoms with van der Waals surface area (Å²) in [6.45, 7) is 13.8. The number of hydrogen-bond donors (Lipinski definition) is 3. The molecule has 3 N–H and O–H groups in total. The number of ether oxygens (including phenoxy) is 2. The molecule has 2 heterocycles. The van der Waals surface area contributed by atoms with E-state index >= 15 is 0 Å². The van der Waals surface area contributed by atoms with Crippen molar-refractivity contribution >= 4 is 59.1 Å². The van der Waals surface area contributed by atoms with Crippen LogP contribution in [0.25, 0.3) is 0 Å². The molecule has 3 rings (SSSR count). The highest BCUT2D eigenvalue weighted by Gasteiger charge is 2.44. The van der Waals surface area contributed by atoms with Gasteiger partial charge in [-0.1, -0.05) is 91.6 Å². The highest BCUT2D eigenvalue weighted by atomic mass is 32.2. The summed E-state index contributed by atoms with van der Waals surface area (Å²) in [6, 6.07) is 4.98. The molecule has 0 spiro atoms. The van der Waals surface area contributed by atoms with Gasteiger partial charge in [0.1, 0.15) is 18.1 Å². The molecule has 0 bridgehead atoms. The molecular formula is C51H82N6O11S. The first-order chi connectivity index (χ1) is 32.6. The van der Waals surface area contributed by atoms with Gasteiger partial charge in [0.15, 0.2) is 0 Å². The van der Waals surface area contributed by atoms with Gasteiger partial charge >= 0.3 is 5.97 Å². The average molecular weight is 987 g/mol. The number of methoxy groups -OCH3 is 2. The third kappa shape index (κ3) is 16.0. The Bertz CT molecular complexity index is 1890. The Labute approximate surface area is 414 Å². The van der Waals surface area contributed by atoms with Crippen LogP contribution in [-0.4, -0.2) is 168 Å². The lowest BCUT2D eigenvalue weighted by molar-refractivity contribution is -0.149. The smallest absolute Gasteiger partial charge is 0.326 e. The second-order valence-corrected chi connectivity index (χ2v) is 20.6. The highest BCUT2D eigenvalue weighted by Crippen LogP contribution is 2.30. The van der Waals surface area contributed by atoms with Gasteiger partial charge in [0.2, 0.25) is 41.4 Å². The lowest BCUT2D eigenvalue weighted by Gasteiger charge is -2.41. The molecule has 1 unspecified atom stereocenters. The monoisotopic (exact) mass is 987 g/mol. The number of hydrogen-bond acceptors (Lipinski definition) is 11. The summed E-state index contributed by atoms with van der Waals surface area (Å²) in [5.41, 5.74) is 0.764. The van der Waals surface area contributed by atoms with Crippen LogP contribution in [0.1, 0.15) is 112 Å².